The molecule has 1 aromatic carbocycles. The van der Waals surface area contributed by atoms with E-state index in [0.717, 1.165) is 0 Å². The van der Waals surface area contributed by atoms with Gasteiger partial charge in [0.05, 0.1) is 11.4 Å². The summed E-state index contributed by atoms with van der Waals surface area (Å²) in [6.45, 7) is 5.31. The highest BCUT2D eigenvalue weighted by Crippen LogP contribution is 2.20. The van der Waals surface area contributed by atoms with Crippen LogP contribution in [0.15, 0.2) is 36.5 Å². The molecule has 0 atom stereocenters. The van der Waals surface area contributed by atoms with E-state index in [1.54, 1.807) is 45.0 Å². The van der Waals surface area contributed by atoms with E-state index < -0.39 is 17.7 Å². The number of carbonyl (C=O) groups excluding carboxylic acids is 1. The second kappa shape index (κ2) is 5.88. The number of carboxylic acids is 1. The van der Waals surface area contributed by atoms with Crippen LogP contribution in [0.5, 0.6) is 0 Å². The molecule has 0 bridgehead atoms. The third-order valence-electron chi connectivity index (χ3n) is 2.59. The fourth-order valence-electron chi connectivity index (χ4n) is 1.76. The molecule has 1 heterocycles. The molecule has 0 aliphatic heterocycles. The summed E-state index contributed by atoms with van der Waals surface area (Å²) in [6, 6.07) is 8.29. The predicted octanol–water partition coefficient (Wildman–Crippen LogP) is 2.92. The molecule has 0 spiro atoms. The quantitative estimate of drug-likeness (QED) is 0.909. The smallest absolute Gasteiger partial charge is 0.412 e. The molecule has 2 rings (SSSR count). The maximum Gasteiger partial charge on any atom is 0.412 e. The molecule has 0 saturated heterocycles. The summed E-state index contributed by atoms with van der Waals surface area (Å²) in [5.41, 5.74) is 0.325. The highest BCUT2D eigenvalue weighted by molar-refractivity contribution is 5.88. The molecule has 0 saturated carbocycles. The van der Waals surface area contributed by atoms with Crippen molar-refractivity contribution >= 4 is 17.7 Å². The Labute approximate surface area is 127 Å². The Morgan fingerprint density at radius 1 is 1.23 bits per heavy atom. The van der Waals surface area contributed by atoms with Crippen molar-refractivity contribution in [3.8, 4) is 5.69 Å². The molecule has 1 aromatic heterocycles. The Kier molecular flexibility index (Phi) is 4.16. The zero-order chi connectivity index (χ0) is 16.3. The Bertz CT molecular complexity index is 701. The molecule has 0 fully saturated rings. The van der Waals surface area contributed by atoms with Crippen LogP contribution in [0.25, 0.3) is 5.69 Å². The Hall–Kier alpha value is -2.83. The third-order valence-corrected chi connectivity index (χ3v) is 2.59. The molecule has 2 aromatic rings. The number of carbonyl (C=O) groups is 2. The maximum atomic E-state index is 11.9. The molecular weight excluding hydrogens is 286 g/mol. The van der Waals surface area contributed by atoms with E-state index in [1.807, 2.05) is 0 Å². The number of nitrogens with one attached hydrogen (secondary N) is 1. The molecule has 116 valence electrons. The van der Waals surface area contributed by atoms with Crippen molar-refractivity contribution < 1.29 is 19.4 Å². The monoisotopic (exact) mass is 303 g/mol. The van der Waals surface area contributed by atoms with Crippen LogP contribution in [0.2, 0.25) is 0 Å². The summed E-state index contributed by atoms with van der Waals surface area (Å²) in [5.74, 6) is -1.11. The first kappa shape index (κ1) is 15.6. The van der Waals surface area contributed by atoms with Gasteiger partial charge in [0.2, 0.25) is 0 Å². The summed E-state index contributed by atoms with van der Waals surface area (Å²) < 4.78 is 6.59. The standard InChI is InChI=1S/C15H17N3O4/c1-15(2,3)22-14(21)16-10-6-4-5-7-12(10)18-9-8-11(17-18)13(19)20/h4-9H,1-3H3,(H,16,21)(H,19,20). The lowest BCUT2D eigenvalue weighted by Crippen LogP contribution is -2.27. The van der Waals surface area contributed by atoms with Crippen molar-refractivity contribution in [3.05, 3.63) is 42.2 Å². The number of carboxylic acid groups (broad SMARTS) is 1. The average Bonchev–Trinajstić information content (AvgIpc) is 2.86. The van der Waals surface area contributed by atoms with Gasteiger partial charge in [-0.2, -0.15) is 5.10 Å². The van der Waals surface area contributed by atoms with E-state index in [0.29, 0.717) is 11.4 Å². The van der Waals surface area contributed by atoms with Crippen LogP contribution >= 0.6 is 0 Å². The molecular formula is C15H17N3O4. The first-order chi connectivity index (χ1) is 10.3. The molecule has 7 nitrogen and oxygen atoms in total. The van der Waals surface area contributed by atoms with Crippen molar-refractivity contribution in [2.45, 2.75) is 26.4 Å². The topological polar surface area (TPSA) is 93.5 Å². The van der Waals surface area contributed by atoms with Crippen molar-refractivity contribution in [1.82, 2.24) is 9.78 Å². The zero-order valence-electron chi connectivity index (χ0n) is 12.5. The minimum absolute atomic E-state index is 0.0768. The largest absolute Gasteiger partial charge is 0.476 e. The number of anilines is 1. The normalized spacial score (nSPS) is 11.0. The number of benzene rings is 1. The summed E-state index contributed by atoms with van der Waals surface area (Å²) in [6.07, 6.45) is 0.921. The van der Waals surface area contributed by atoms with Gasteiger partial charge < -0.3 is 9.84 Å². The fourth-order valence-corrected chi connectivity index (χ4v) is 1.76. The van der Waals surface area contributed by atoms with E-state index in [2.05, 4.69) is 10.4 Å². The predicted molar refractivity (Wildman–Crippen MR) is 80.4 cm³/mol. The zero-order valence-corrected chi connectivity index (χ0v) is 12.5. The molecule has 7 heteroatoms. The van der Waals surface area contributed by atoms with E-state index >= 15 is 0 Å². The van der Waals surface area contributed by atoms with Gasteiger partial charge in [0, 0.05) is 6.20 Å². The van der Waals surface area contributed by atoms with Gasteiger partial charge in [0.25, 0.3) is 0 Å². The van der Waals surface area contributed by atoms with Crippen LogP contribution in [-0.2, 0) is 4.74 Å². The number of aromatic nitrogens is 2. The van der Waals surface area contributed by atoms with Crippen molar-refractivity contribution in [2.75, 3.05) is 5.32 Å². The number of hydrogen-bond donors (Lipinski definition) is 2. The summed E-state index contributed by atoms with van der Waals surface area (Å²) in [5, 5.41) is 15.5. The third kappa shape index (κ3) is 3.85. The minimum atomic E-state index is -1.11. The van der Waals surface area contributed by atoms with Crippen molar-refractivity contribution in [1.29, 1.82) is 0 Å². The van der Waals surface area contributed by atoms with E-state index in [9.17, 15) is 9.59 Å². The van der Waals surface area contributed by atoms with Crippen LogP contribution in [0.4, 0.5) is 10.5 Å². The maximum absolute atomic E-state index is 11.9. The van der Waals surface area contributed by atoms with Gasteiger partial charge in [0.15, 0.2) is 5.69 Å². The van der Waals surface area contributed by atoms with Gasteiger partial charge >= 0.3 is 12.1 Å². The van der Waals surface area contributed by atoms with Gasteiger partial charge in [-0.25, -0.2) is 14.3 Å². The van der Waals surface area contributed by atoms with Gasteiger partial charge in [-0.3, -0.25) is 5.32 Å². The number of nitrogens with zero attached hydrogens (tertiary/aromatic N) is 2. The number of amides is 1. The van der Waals surface area contributed by atoms with E-state index in [1.165, 1.54) is 16.9 Å². The number of para-hydroxylation sites is 2. The molecule has 1 amide bonds. The number of rotatable bonds is 3. The minimum Gasteiger partial charge on any atom is -0.476 e. The summed E-state index contributed by atoms with van der Waals surface area (Å²) in [4.78, 5) is 22.8. The molecule has 0 aliphatic carbocycles. The number of hydrogen-bond acceptors (Lipinski definition) is 4. The van der Waals surface area contributed by atoms with Crippen LogP contribution in [0.3, 0.4) is 0 Å². The van der Waals surface area contributed by atoms with Crippen LogP contribution in [0.1, 0.15) is 31.3 Å². The highest BCUT2D eigenvalue weighted by atomic mass is 16.6. The Morgan fingerprint density at radius 3 is 2.50 bits per heavy atom. The lowest BCUT2D eigenvalue weighted by molar-refractivity contribution is 0.0633. The summed E-state index contributed by atoms with van der Waals surface area (Å²) >= 11 is 0. The Morgan fingerprint density at radius 2 is 1.91 bits per heavy atom. The van der Waals surface area contributed by atoms with Gasteiger partial charge in [-0.15, -0.1) is 0 Å². The lowest BCUT2D eigenvalue weighted by atomic mass is 10.2. The number of aromatic carboxylic acids is 1. The molecule has 0 aliphatic rings. The molecule has 2 N–H and O–H groups in total. The van der Waals surface area contributed by atoms with E-state index in [4.69, 9.17) is 9.84 Å². The van der Waals surface area contributed by atoms with Crippen LogP contribution in [-0.4, -0.2) is 32.6 Å². The van der Waals surface area contributed by atoms with Gasteiger partial charge in [-0.1, -0.05) is 12.1 Å². The number of ether oxygens (including phenoxy) is 1. The second-order valence-corrected chi connectivity index (χ2v) is 5.59. The first-order valence-corrected chi connectivity index (χ1v) is 6.64. The lowest BCUT2D eigenvalue weighted by Gasteiger charge is -2.20. The average molecular weight is 303 g/mol. The van der Waals surface area contributed by atoms with E-state index in [-0.39, 0.29) is 5.69 Å². The molecule has 0 unspecified atom stereocenters. The highest BCUT2D eigenvalue weighted by Gasteiger charge is 2.18. The van der Waals surface area contributed by atoms with Gasteiger partial charge in [-0.05, 0) is 39.0 Å². The second-order valence-electron chi connectivity index (χ2n) is 5.59. The Balaban J connectivity index is 2.26. The van der Waals surface area contributed by atoms with Crippen molar-refractivity contribution in [3.63, 3.8) is 0 Å². The van der Waals surface area contributed by atoms with Crippen LogP contribution in [0, 0.1) is 0 Å². The summed E-state index contributed by atoms with van der Waals surface area (Å²) in [7, 11) is 0. The van der Waals surface area contributed by atoms with Crippen molar-refractivity contribution in [2.24, 2.45) is 0 Å². The molecule has 22 heavy (non-hydrogen) atoms. The van der Waals surface area contributed by atoms with Crippen LogP contribution < -0.4 is 5.32 Å². The SMILES string of the molecule is CC(C)(C)OC(=O)Nc1ccccc1-n1ccc(C(=O)O)n1. The van der Waals surface area contributed by atoms with Gasteiger partial charge in [0.1, 0.15) is 5.60 Å². The first-order valence-electron chi connectivity index (χ1n) is 6.64. The fraction of sp³-hybridized carbons (Fsp3) is 0.267. The molecule has 0 radical (unpaired) electrons.